The van der Waals surface area contributed by atoms with E-state index in [1.807, 2.05) is 0 Å². The van der Waals surface area contributed by atoms with Crippen molar-refractivity contribution in [1.29, 1.82) is 0 Å². The zero-order valence-electron chi connectivity index (χ0n) is 9.21. The molecule has 2 rings (SSSR count). The van der Waals surface area contributed by atoms with Gasteiger partial charge in [-0.05, 0) is 44.2 Å². The van der Waals surface area contributed by atoms with Crippen molar-refractivity contribution in [2.75, 3.05) is 0 Å². The molecule has 0 radical (unpaired) electrons. The van der Waals surface area contributed by atoms with Crippen LogP contribution < -0.4 is 0 Å². The lowest BCUT2D eigenvalue weighted by Crippen LogP contribution is -2.32. The lowest BCUT2D eigenvalue weighted by atomic mass is 9.71. The molecule has 0 heterocycles. The van der Waals surface area contributed by atoms with E-state index in [1.54, 1.807) is 6.08 Å². The Hall–Kier alpha value is -1.40. The second-order valence-corrected chi connectivity index (χ2v) is 4.41. The summed E-state index contributed by atoms with van der Waals surface area (Å²) in [4.78, 5) is 14.5. The Balaban J connectivity index is 2.51. The molecule has 1 aromatic rings. The third-order valence-corrected chi connectivity index (χ3v) is 3.33. The molecular weight excluding hydrogens is 186 g/mol. The van der Waals surface area contributed by atoms with Crippen molar-refractivity contribution in [3.63, 3.8) is 0 Å². The van der Waals surface area contributed by atoms with Crippen molar-refractivity contribution < 1.29 is 4.79 Å². The Kier molecular flexibility index (Phi) is 2.45. The summed E-state index contributed by atoms with van der Waals surface area (Å²) < 4.78 is 0. The molecule has 2 heteroatoms. The van der Waals surface area contributed by atoms with Crippen LogP contribution in [0.3, 0.4) is 0 Å². The van der Waals surface area contributed by atoms with Crippen molar-refractivity contribution in [2.45, 2.75) is 38.6 Å². The number of aliphatic imine (C=N–C) groups is 1. The molecule has 0 atom stereocenters. The largest absolute Gasteiger partial charge is 0.235 e. The first-order valence-electron chi connectivity index (χ1n) is 5.35. The molecule has 1 saturated carbocycles. The number of nitrogens with zero attached hydrogens (tertiary/aromatic N) is 1. The number of hydrogen-bond donors (Lipinski definition) is 0. The van der Waals surface area contributed by atoms with Crippen LogP contribution in [0.1, 0.15) is 36.0 Å². The molecule has 1 fully saturated rings. The van der Waals surface area contributed by atoms with Gasteiger partial charge in [0.05, 0.1) is 5.54 Å². The highest BCUT2D eigenvalue weighted by Crippen LogP contribution is 2.45. The van der Waals surface area contributed by atoms with Gasteiger partial charge in [0.15, 0.2) is 0 Å². The summed E-state index contributed by atoms with van der Waals surface area (Å²) in [6, 6.07) is 6.34. The second kappa shape index (κ2) is 3.63. The predicted octanol–water partition coefficient (Wildman–Crippen LogP) is 3.02. The number of isocyanates is 1. The Morgan fingerprint density at radius 1 is 1.33 bits per heavy atom. The summed E-state index contributed by atoms with van der Waals surface area (Å²) in [6.07, 6.45) is 4.84. The molecule has 0 unspecified atom stereocenters. The van der Waals surface area contributed by atoms with Gasteiger partial charge in [-0.15, -0.1) is 0 Å². The lowest BCUT2D eigenvalue weighted by molar-refractivity contribution is 0.254. The van der Waals surface area contributed by atoms with Crippen LogP contribution >= 0.6 is 0 Å². The van der Waals surface area contributed by atoms with Gasteiger partial charge >= 0.3 is 0 Å². The van der Waals surface area contributed by atoms with E-state index < -0.39 is 0 Å². The summed E-state index contributed by atoms with van der Waals surface area (Å²) in [5.41, 5.74) is 3.40. The molecule has 15 heavy (non-hydrogen) atoms. The Morgan fingerprint density at radius 3 is 2.60 bits per heavy atom. The van der Waals surface area contributed by atoms with Crippen molar-refractivity contribution in [3.05, 3.63) is 34.9 Å². The van der Waals surface area contributed by atoms with Gasteiger partial charge in [0.2, 0.25) is 6.08 Å². The van der Waals surface area contributed by atoms with Gasteiger partial charge < -0.3 is 0 Å². The molecular formula is C13H15NO. The average molecular weight is 201 g/mol. The first kappa shape index (κ1) is 10.1. The summed E-state index contributed by atoms with van der Waals surface area (Å²) in [5.74, 6) is 0. The first-order chi connectivity index (χ1) is 7.18. The van der Waals surface area contributed by atoms with Crippen LogP contribution in [0, 0.1) is 13.8 Å². The van der Waals surface area contributed by atoms with Crippen LogP contribution in [-0.4, -0.2) is 6.08 Å². The van der Waals surface area contributed by atoms with Crippen molar-refractivity contribution in [2.24, 2.45) is 4.99 Å². The van der Waals surface area contributed by atoms with Crippen LogP contribution in [0.15, 0.2) is 23.2 Å². The highest BCUT2D eigenvalue weighted by atomic mass is 16.1. The van der Waals surface area contributed by atoms with Gasteiger partial charge in [-0.3, -0.25) is 0 Å². The minimum Gasteiger partial charge on any atom is -0.211 e. The molecule has 78 valence electrons. The zero-order valence-corrected chi connectivity index (χ0v) is 9.21. The molecule has 1 aliphatic rings. The quantitative estimate of drug-likeness (QED) is 0.534. The maximum atomic E-state index is 10.5. The fraction of sp³-hybridized carbons (Fsp3) is 0.462. The van der Waals surface area contributed by atoms with E-state index in [4.69, 9.17) is 0 Å². The van der Waals surface area contributed by atoms with Crippen molar-refractivity contribution in [3.8, 4) is 0 Å². The van der Waals surface area contributed by atoms with Crippen molar-refractivity contribution >= 4 is 6.08 Å². The molecule has 0 amide bonds. The standard InChI is InChI=1S/C13H15NO/c1-10-4-5-11(2)12(8-10)13(14-9-15)6-3-7-13/h4-5,8H,3,6-7H2,1-2H3. The zero-order chi connectivity index (χ0) is 10.9. The number of benzene rings is 1. The van der Waals surface area contributed by atoms with Crippen molar-refractivity contribution in [1.82, 2.24) is 0 Å². The average Bonchev–Trinajstić information content (AvgIpc) is 2.16. The first-order valence-corrected chi connectivity index (χ1v) is 5.35. The van der Waals surface area contributed by atoms with E-state index in [0.29, 0.717) is 0 Å². The van der Waals surface area contributed by atoms with E-state index >= 15 is 0 Å². The minimum absolute atomic E-state index is 0.252. The van der Waals surface area contributed by atoms with Gasteiger partial charge in [0.25, 0.3) is 0 Å². The van der Waals surface area contributed by atoms with Crippen LogP contribution in [0.5, 0.6) is 0 Å². The van der Waals surface area contributed by atoms with Crippen LogP contribution in [0.25, 0.3) is 0 Å². The Morgan fingerprint density at radius 2 is 2.07 bits per heavy atom. The van der Waals surface area contributed by atoms with Gasteiger partial charge in [-0.2, -0.15) is 4.99 Å². The summed E-state index contributed by atoms with van der Waals surface area (Å²) in [5, 5.41) is 0. The minimum atomic E-state index is -0.252. The predicted molar refractivity (Wildman–Crippen MR) is 59.6 cm³/mol. The molecule has 0 N–H and O–H groups in total. The fourth-order valence-corrected chi connectivity index (χ4v) is 2.28. The maximum absolute atomic E-state index is 10.5. The van der Waals surface area contributed by atoms with Gasteiger partial charge in [-0.25, -0.2) is 4.79 Å². The number of rotatable bonds is 2. The number of carbonyl (C=O) groups excluding carboxylic acids is 1. The SMILES string of the molecule is Cc1ccc(C)c(C2(N=C=O)CCC2)c1. The third kappa shape index (κ3) is 1.62. The Labute approximate surface area is 90.0 Å². The van der Waals surface area contributed by atoms with E-state index in [9.17, 15) is 4.79 Å². The van der Waals surface area contributed by atoms with Gasteiger partial charge in [-0.1, -0.05) is 23.8 Å². The molecule has 0 aromatic heterocycles. The van der Waals surface area contributed by atoms with E-state index in [0.717, 1.165) is 19.3 Å². The van der Waals surface area contributed by atoms with Gasteiger partial charge in [0.1, 0.15) is 0 Å². The molecule has 1 aliphatic carbocycles. The van der Waals surface area contributed by atoms with Gasteiger partial charge in [0, 0.05) is 0 Å². The second-order valence-electron chi connectivity index (χ2n) is 4.41. The number of hydrogen-bond acceptors (Lipinski definition) is 2. The van der Waals surface area contributed by atoms with Crippen LogP contribution in [0.4, 0.5) is 0 Å². The topological polar surface area (TPSA) is 29.4 Å². The maximum Gasteiger partial charge on any atom is 0.235 e. The Bertz CT molecular complexity index is 426. The van der Waals surface area contributed by atoms with E-state index in [1.165, 1.54) is 16.7 Å². The molecule has 0 spiro atoms. The summed E-state index contributed by atoms with van der Waals surface area (Å²) >= 11 is 0. The smallest absolute Gasteiger partial charge is 0.211 e. The molecule has 0 bridgehead atoms. The summed E-state index contributed by atoms with van der Waals surface area (Å²) in [7, 11) is 0. The molecule has 1 aromatic carbocycles. The number of aryl methyl sites for hydroxylation is 2. The molecule has 0 aliphatic heterocycles. The third-order valence-electron chi connectivity index (χ3n) is 3.33. The van der Waals surface area contributed by atoms with Crippen LogP contribution in [0.2, 0.25) is 0 Å². The normalized spacial score (nSPS) is 17.7. The van der Waals surface area contributed by atoms with E-state index in [-0.39, 0.29) is 5.54 Å². The molecule has 0 saturated heterocycles. The van der Waals surface area contributed by atoms with Crippen LogP contribution in [-0.2, 0) is 10.3 Å². The lowest BCUT2D eigenvalue weighted by Gasteiger charge is -2.38. The highest BCUT2D eigenvalue weighted by Gasteiger charge is 2.39. The van der Waals surface area contributed by atoms with E-state index in [2.05, 4.69) is 37.0 Å². The monoisotopic (exact) mass is 201 g/mol. The highest BCUT2D eigenvalue weighted by molar-refractivity contribution is 5.43. The summed E-state index contributed by atoms with van der Waals surface area (Å²) in [6.45, 7) is 4.15. The fourth-order valence-electron chi connectivity index (χ4n) is 2.28. The molecule has 2 nitrogen and oxygen atoms in total.